The SMILES string of the molecule is O=C(CCCc1cccs1)NCCNC(=O)c1ncccc1O. The van der Waals surface area contributed by atoms with Gasteiger partial charge in [0.2, 0.25) is 5.91 Å². The second-order valence-electron chi connectivity index (χ2n) is 4.91. The Kier molecular flexibility index (Phi) is 6.56. The zero-order chi connectivity index (χ0) is 16.5. The van der Waals surface area contributed by atoms with Crippen molar-refractivity contribution in [3.8, 4) is 5.75 Å². The Morgan fingerprint density at radius 3 is 2.74 bits per heavy atom. The summed E-state index contributed by atoms with van der Waals surface area (Å²) in [6, 6.07) is 7.01. The minimum atomic E-state index is -0.463. The number of pyridine rings is 1. The molecule has 0 saturated heterocycles. The molecule has 2 rings (SSSR count). The zero-order valence-electron chi connectivity index (χ0n) is 12.6. The Balaban J connectivity index is 1.58. The number of rotatable bonds is 8. The Labute approximate surface area is 138 Å². The van der Waals surface area contributed by atoms with Gasteiger partial charge in [0.15, 0.2) is 5.69 Å². The van der Waals surface area contributed by atoms with E-state index >= 15 is 0 Å². The number of carbonyl (C=O) groups excluding carboxylic acids is 2. The first kappa shape index (κ1) is 17.0. The third-order valence-corrected chi connectivity index (χ3v) is 4.08. The monoisotopic (exact) mass is 333 g/mol. The van der Waals surface area contributed by atoms with Crippen molar-refractivity contribution < 1.29 is 14.7 Å². The highest BCUT2D eigenvalue weighted by Gasteiger charge is 2.11. The quantitative estimate of drug-likeness (QED) is 0.642. The van der Waals surface area contributed by atoms with Crippen LogP contribution in [-0.4, -0.2) is 35.0 Å². The maximum Gasteiger partial charge on any atom is 0.273 e. The van der Waals surface area contributed by atoms with Crippen molar-refractivity contribution in [2.75, 3.05) is 13.1 Å². The van der Waals surface area contributed by atoms with Crippen molar-refractivity contribution >= 4 is 23.2 Å². The molecule has 2 aromatic heterocycles. The van der Waals surface area contributed by atoms with Crippen LogP contribution in [0.2, 0.25) is 0 Å². The van der Waals surface area contributed by atoms with E-state index in [4.69, 9.17) is 0 Å². The van der Waals surface area contributed by atoms with Gasteiger partial charge in [0.25, 0.3) is 5.91 Å². The molecular formula is C16H19N3O3S. The number of thiophene rings is 1. The van der Waals surface area contributed by atoms with Crippen LogP contribution in [0, 0.1) is 0 Å². The average molecular weight is 333 g/mol. The number of nitrogens with zero attached hydrogens (tertiary/aromatic N) is 1. The van der Waals surface area contributed by atoms with Crippen molar-refractivity contribution in [1.29, 1.82) is 0 Å². The van der Waals surface area contributed by atoms with Gasteiger partial charge in [0.1, 0.15) is 5.75 Å². The minimum Gasteiger partial charge on any atom is -0.505 e. The molecule has 2 aromatic rings. The van der Waals surface area contributed by atoms with Crippen LogP contribution in [0.25, 0.3) is 0 Å². The molecule has 0 aromatic carbocycles. The maximum atomic E-state index is 11.8. The lowest BCUT2D eigenvalue weighted by atomic mass is 10.2. The molecule has 0 saturated carbocycles. The fourth-order valence-corrected chi connectivity index (χ4v) is 2.75. The number of aromatic nitrogens is 1. The van der Waals surface area contributed by atoms with E-state index in [1.165, 1.54) is 17.1 Å². The average Bonchev–Trinajstić information content (AvgIpc) is 3.05. The summed E-state index contributed by atoms with van der Waals surface area (Å²) in [7, 11) is 0. The summed E-state index contributed by atoms with van der Waals surface area (Å²) in [6.07, 6.45) is 3.61. The van der Waals surface area contributed by atoms with E-state index in [9.17, 15) is 14.7 Å². The summed E-state index contributed by atoms with van der Waals surface area (Å²) < 4.78 is 0. The first-order valence-corrected chi connectivity index (χ1v) is 8.26. The van der Waals surface area contributed by atoms with Crippen LogP contribution in [-0.2, 0) is 11.2 Å². The smallest absolute Gasteiger partial charge is 0.273 e. The molecule has 122 valence electrons. The third kappa shape index (κ3) is 5.71. The van der Waals surface area contributed by atoms with E-state index in [1.807, 2.05) is 11.4 Å². The maximum absolute atomic E-state index is 11.8. The Hall–Kier alpha value is -2.41. The van der Waals surface area contributed by atoms with Crippen molar-refractivity contribution in [2.24, 2.45) is 0 Å². The van der Waals surface area contributed by atoms with Crippen LogP contribution in [0.5, 0.6) is 5.75 Å². The number of aryl methyl sites for hydroxylation is 1. The predicted octanol–water partition coefficient (Wildman–Crippen LogP) is 1.72. The molecule has 2 amide bonds. The van der Waals surface area contributed by atoms with Gasteiger partial charge < -0.3 is 15.7 Å². The van der Waals surface area contributed by atoms with E-state index in [1.54, 1.807) is 17.4 Å². The molecule has 0 radical (unpaired) electrons. The van der Waals surface area contributed by atoms with Crippen LogP contribution in [0.1, 0.15) is 28.2 Å². The fourth-order valence-electron chi connectivity index (χ4n) is 2.00. The fraction of sp³-hybridized carbons (Fsp3) is 0.312. The van der Waals surface area contributed by atoms with Gasteiger partial charge in [-0.05, 0) is 36.4 Å². The van der Waals surface area contributed by atoms with Crippen LogP contribution in [0.4, 0.5) is 0 Å². The summed E-state index contributed by atoms with van der Waals surface area (Å²) >= 11 is 1.69. The van der Waals surface area contributed by atoms with Crippen LogP contribution < -0.4 is 10.6 Å². The number of nitrogens with one attached hydrogen (secondary N) is 2. The van der Waals surface area contributed by atoms with Crippen molar-refractivity contribution in [2.45, 2.75) is 19.3 Å². The largest absolute Gasteiger partial charge is 0.505 e. The molecule has 0 atom stereocenters. The second-order valence-corrected chi connectivity index (χ2v) is 5.94. The molecule has 3 N–H and O–H groups in total. The zero-order valence-corrected chi connectivity index (χ0v) is 13.4. The molecule has 7 heteroatoms. The van der Waals surface area contributed by atoms with E-state index in [2.05, 4.69) is 21.7 Å². The molecular weight excluding hydrogens is 314 g/mol. The van der Waals surface area contributed by atoms with Gasteiger partial charge in [0, 0.05) is 30.6 Å². The third-order valence-electron chi connectivity index (χ3n) is 3.14. The normalized spacial score (nSPS) is 10.3. The van der Waals surface area contributed by atoms with Crippen LogP contribution in [0.3, 0.4) is 0 Å². The number of aromatic hydroxyl groups is 1. The van der Waals surface area contributed by atoms with Crippen molar-refractivity contribution in [1.82, 2.24) is 15.6 Å². The van der Waals surface area contributed by atoms with E-state index < -0.39 is 5.91 Å². The highest BCUT2D eigenvalue weighted by molar-refractivity contribution is 7.09. The summed E-state index contributed by atoms with van der Waals surface area (Å²) in [6.45, 7) is 0.628. The molecule has 2 heterocycles. The van der Waals surface area contributed by atoms with Crippen LogP contribution >= 0.6 is 11.3 Å². The van der Waals surface area contributed by atoms with Gasteiger partial charge in [-0.3, -0.25) is 9.59 Å². The standard InChI is InChI=1S/C16H19N3O3S/c20-13-6-2-8-18-15(13)16(22)19-10-9-17-14(21)7-1-4-12-5-3-11-23-12/h2-3,5-6,8,11,20H,1,4,7,9-10H2,(H,17,21)(H,19,22). The Morgan fingerprint density at radius 1 is 1.17 bits per heavy atom. The summed E-state index contributed by atoms with van der Waals surface area (Å²) in [5, 5.41) is 16.9. The highest BCUT2D eigenvalue weighted by atomic mass is 32.1. The highest BCUT2D eigenvalue weighted by Crippen LogP contribution is 2.12. The molecule has 0 aliphatic carbocycles. The van der Waals surface area contributed by atoms with Crippen molar-refractivity contribution in [3.63, 3.8) is 0 Å². The molecule has 0 unspecified atom stereocenters. The molecule has 0 aliphatic heterocycles. The number of hydrogen-bond acceptors (Lipinski definition) is 5. The second kappa shape index (κ2) is 8.89. The minimum absolute atomic E-state index is 0.0187. The summed E-state index contributed by atoms with van der Waals surface area (Å²) in [5.41, 5.74) is -0.0187. The summed E-state index contributed by atoms with van der Waals surface area (Å²) in [5.74, 6) is -0.658. The molecule has 0 spiro atoms. The lowest BCUT2D eigenvalue weighted by molar-refractivity contribution is -0.121. The van der Waals surface area contributed by atoms with E-state index in [0.717, 1.165) is 12.8 Å². The molecule has 6 nitrogen and oxygen atoms in total. The number of carbonyl (C=O) groups is 2. The van der Waals surface area contributed by atoms with Gasteiger partial charge in [-0.1, -0.05) is 6.07 Å². The Morgan fingerprint density at radius 2 is 2.00 bits per heavy atom. The molecule has 0 aliphatic rings. The van der Waals surface area contributed by atoms with Gasteiger partial charge >= 0.3 is 0 Å². The van der Waals surface area contributed by atoms with Gasteiger partial charge in [-0.2, -0.15) is 0 Å². The van der Waals surface area contributed by atoms with Crippen molar-refractivity contribution in [3.05, 3.63) is 46.4 Å². The first-order valence-electron chi connectivity index (χ1n) is 7.38. The topological polar surface area (TPSA) is 91.3 Å². The molecule has 23 heavy (non-hydrogen) atoms. The Bertz CT molecular complexity index is 644. The first-order chi connectivity index (χ1) is 11.2. The van der Waals surface area contributed by atoms with Crippen LogP contribution in [0.15, 0.2) is 35.8 Å². The molecule has 0 bridgehead atoms. The predicted molar refractivity (Wildman–Crippen MR) is 88.5 cm³/mol. The van der Waals surface area contributed by atoms with E-state index in [-0.39, 0.29) is 23.9 Å². The summed E-state index contributed by atoms with van der Waals surface area (Å²) in [4.78, 5) is 28.5. The lowest BCUT2D eigenvalue weighted by Gasteiger charge is -2.07. The van der Waals surface area contributed by atoms with Gasteiger partial charge in [-0.15, -0.1) is 11.3 Å². The van der Waals surface area contributed by atoms with Gasteiger partial charge in [-0.25, -0.2) is 4.98 Å². The van der Waals surface area contributed by atoms with Gasteiger partial charge in [0.05, 0.1) is 0 Å². The molecule has 0 fully saturated rings. The number of hydrogen-bond donors (Lipinski definition) is 3. The number of amides is 2. The van der Waals surface area contributed by atoms with E-state index in [0.29, 0.717) is 13.0 Å². The lowest BCUT2D eigenvalue weighted by Crippen LogP contribution is -2.34.